The molecule has 23 heavy (non-hydrogen) atoms. The molecule has 3 rings (SSSR count). The molecule has 0 radical (unpaired) electrons. The smallest absolute Gasteiger partial charge is 0.225 e. The van der Waals surface area contributed by atoms with Crippen LogP contribution in [0.25, 0.3) is 0 Å². The molecule has 0 aliphatic heterocycles. The summed E-state index contributed by atoms with van der Waals surface area (Å²) in [7, 11) is 0. The van der Waals surface area contributed by atoms with Gasteiger partial charge < -0.3 is 15.7 Å². The second-order valence-electron chi connectivity index (χ2n) is 5.73. The van der Waals surface area contributed by atoms with Crippen molar-refractivity contribution in [2.75, 3.05) is 17.2 Å². The van der Waals surface area contributed by atoms with E-state index in [2.05, 4.69) is 20.6 Å². The van der Waals surface area contributed by atoms with Crippen LogP contribution in [0.3, 0.4) is 0 Å². The Hall–Kier alpha value is -1.56. The van der Waals surface area contributed by atoms with Crippen molar-refractivity contribution in [3.05, 3.63) is 40.0 Å². The van der Waals surface area contributed by atoms with Crippen LogP contribution < -0.4 is 10.6 Å². The van der Waals surface area contributed by atoms with Gasteiger partial charge in [0, 0.05) is 18.0 Å². The van der Waals surface area contributed by atoms with Gasteiger partial charge >= 0.3 is 0 Å². The van der Waals surface area contributed by atoms with Crippen molar-refractivity contribution in [2.24, 2.45) is 0 Å². The quantitative estimate of drug-likeness (QED) is 0.726. The molecule has 0 spiro atoms. The normalized spacial score (nSPS) is 15.3. The molecule has 1 aliphatic carbocycles. The molecule has 1 aromatic carbocycles. The average Bonchev–Trinajstić information content (AvgIpc) is 3.35. The molecule has 1 atom stereocenters. The van der Waals surface area contributed by atoms with Crippen LogP contribution in [-0.4, -0.2) is 27.7 Å². The summed E-state index contributed by atoms with van der Waals surface area (Å²) in [6.07, 6.45) is 2.27. The number of halogens is 2. The summed E-state index contributed by atoms with van der Waals surface area (Å²) in [5.41, 5.74) is 1.61. The van der Waals surface area contributed by atoms with Crippen LogP contribution >= 0.6 is 23.2 Å². The first-order chi connectivity index (χ1) is 11.1. The Morgan fingerprint density at radius 1 is 1.26 bits per heavy atom. The molecule has 0 bridgehead atoms. The number of nitrogens with one attached hydrogen (secondary N) is 2. The Morgan fingerprint density at radius 3 is 2.57 bits per heavy atom. The summed E-state index contributed by atoms with van der Waals surface area (Å²) < 4.78 is 0. The molecular weight excluding hydrogens is 335 g/mol. The van der Waals surface area contributed by atoms with Crippen molar-refractivity contribution in [1.82, 2.24) is 9.97 Å². The largest absolute Gasteiger partial charge is 0.394 e. The molecule has 2 aromatic rings. The average molecular weight is 353 g/mol. The highest BCUT2D eigenvalue weighted by molar-refractivity contribution is 6.39. The summed E-state index contributed by atoms with van der Waals surface area (Å²) in [5, 5.41) is 16.5. The molecule has 122 valence electrons. The lowest BCUT2D eigenvalue weighted by molar-refractivity contribution is 0.281. The maximum Gasteiger partial charge on any atom is 0.225 e. The van der Waals surface area contributed by atoms with Gasteiger partial charge in [-0.05, 0) is 31.9 Å². The van der Waals surface area contributed by atoms with E-state index >= 15 is 0 Å². The van der Waals surface area contributed by atoms with E-state index in [0.29, 0.717) is 33.4 Å². The van der Waals surface area contributed by atoms with E-state index in [0.717, 1.165) is 18.5 Å². The van der Waals surface area contributed by atoms with Gasteiger partial charge in [-0.2, -0.15) is 4.98 Å². The number of hydrogen-bond donors (Lipinski definition) is 3. The van der Waals surface area contributed by atoms with E-state index in [4.69, 9.17) is 23.2 Å². The second-order valence-corrected chi connectivity index (χ2v) is 6.54. The minimum absolute atomic E-state index is 0.0100. The molecule has 1 saturated carbocycles. The number of aliphatic hydroxyl groups is 1. The number of para-hydroxylation sites is 1. The minimum Gasteiger partial charge on any atom is -0.394 e. The van der Waals surface area contributed by atoms with Gasteiger partial charge in [0.2, 0.25) is 5.95 Å². The number of aromatic nitrogens is 2. The molecule has 0 saturated heterocycles. The highest BCUT2D eigenvalue weighted by Gasteiger charge is 2.26. The SMILES string of the molecule is C[C@@H](CO)Nc1nc(Nc2c(Cl)cccc2Cl)cc(C2CC2)n1. The van der Waals surface area contributed by atoms with E-state index in [1.165, 1.54) is 0 Å². The highest BCUT2D eigenvalue weighted by Crippen LogP contribution is 2.40. The molecule has 0 amide bonds. The van der Waals surface area contributed by atoms with Gasteiger partial charge in [0.1, 0.15) is 5.82 Å². The molecule has 1 heterocycles. The number of benzene rings is 1. The van der Waals surface area contributed by atoms with Crippen LogP contribution in [0.2, 0.25) is 10.0 Å². The van der Waals surface area contributed by atoms with Gasteiger partial charge in [0.05, 0.1) is 28.0 Å². The van der Waals surface area contributed by atoms with E-state index in [-0.39, 0.29) is 12.6 Å². The standard InChI is InChI=1S/C16H18Cl2N4O/c1-9(8-23)19-16-20-13(10-5-6-10)7-14(22-16)21-15-11(17)3-2-4-12(15)18/h2-4,7,9-10,23H,5-6,8H2,1H3,(H2,19,20,21,22)/t9-/m0/s1. The first kappa shape index (κ1) is 16.3. The van der Waals surface area contributed by atoms with Crippen LogP contribution in [0, 0.1) is 0 Å². The Kier molecular flexibility index (Phi) is 4.90. The third-order valence-electron chi connectivity index (χ3n) is 3.61. The summed E-state index contributed by atoms with van der Waals surface area (Å²) in [4.78, 5) is 8.98. The Morgan fingerprint density at radius 2 is 1.96 bits per heavy atom. The zero-order chi connectivity index (χ0) is 16.4. The van der Waals surface area contributed by atoms with Crippen molar-refractivity contribution in [1.29, 1.82) is 0 Å². The van der Waals surface area contributed by atoms with Crippen LogP contribution in [0.1, 0.15) is 31.4 Å². The zero-order valence-electron chi connectivity index (χ0n) is 12.7. The summed E-state index contributed by atoms with van der Waals surface area (Å²) in [6.45, 7) is 1.88. The fraction of sp³-hybridized carbons (Fsp3) is 0.375. The maximum atomic E-state index is 9.20. The predicted octanol–water partition coefficient (Wildman–Crippen LogP) is 4.20. The number of rotatable bonds is 6. The number of hydrogen-bond acceptors (Lipinski definition) is 5. The first-order valence-corrected chi connectivity index (χ1v) is 8.30. The van der Waals surface area contributed by atoms with Crippen molar-refractivity contribution in [2.45, 2.75) is 31.7 Å². The van der Waals surface area contributed by atoms with E-state index in [9.17, 15) is 5.11 Å². The Bertz CT molecular complexity index is 686. The van der Waals surface area contributed by atoms with Crippen LogP contribution in [0.15, 0.2) is 24.3 Å². The van der Waals surface area contributed by atoms with Gasteiger partial charge in [0.15, 0.2) is 0 Å². The van der Waals surface area contributed by atoms with Gasteiger partial charge in [-0.3, -0.25) is 0 Å². The fourth-order valence-corrected chi connectivity index (χ4v) is 2.69. The molecule has 7 heteroatoms. The lowest BCUT2D eigenvalue weighted by Crippen LogP contribution is -2.21. The molecule has 0 unspecified atom stereocenters. The molecular formula is C16H18Cl2N4O. The number of anilines is 3. The number of aliphatic hydroxyl groups excluding tert-OH is 1. The third-order valence-corrected chi connectivity index (χ3v) is 4.24. The van der Waals surface area contributed by atoms with Crippen molar-refractivity contribution < 1.29 is 5.11 Å². The monoisotopic (exact) mass is 352 g/mol. The van der Waals surface area contributed by atoms with Crippen molar-refractivity contribution >= 4 is 40.7 Å². The lowest BCUT2D eigenvalue weighted by Gasteiger charge is -2.15. The summed E-state index contributed by atoms with van der Waals surface area (Å²) >= 11 is 12.4. The molecule has 5 nitrogen and oxygen atoms in total. The minimum atomic E-state index is -0.124. The molecule has 1 aromatic heterocycles. The van der Waals surface area contributed by atoms with Crippen LogP contribution in [0.4, 0.5) is 17.5 Å². The van der Waals surface area contributed by atoms with Crippen molar-refractivity contribution in [3.8, 4) is 0 Å². The second kappa shape index (κ2) is 6.91. The number of nitrogens with zero attached hydrogens (tertiary/aromatic N) is 2. The first-order valence-electron chi connectivity index (χ1n) is 7.54. The molecule has 3 N–H and O–H groups in total. The van der Waals surface area contributed by atoms with Crippen LogP contribution in [0.5, 0.6) is 0 Å². The highest BCUT2D eigenvalue weighted by atomic mass is 35.5. The van der Waals surface area contributed by atoms with Gasteiger partial charge in [-0.25, -0.2) is 4.98 Å². The van der Waals surface area contributed by atoms with Gasteiger partial charge in [-0.1, -0.05) is 29.3 Å². The van der Waals surface area contributed by atoms with Crippen molar-refractivity contribution in [3.63, 3.8) is 0 Å². The third kappa shape index (κ3) is 4.05. The Balaban J connectivity index is 1.91. The van der Waals surface area contributed by atoms with E-state index in [1.807, 2.05) is 13.0 Å². The Labute approximate surface area is 145 Å². The predicted molar refractivity (Wildman–Crippen MR) is 93.9 cm³/mol. The summed E-state index contributed by atoms with van der Waals surface area (Å²) in [6, 6.07) is 7.13. The summed E-state index contributed by atoms with van der Waals surface area (Å²) in [5.74, 6) is 1.59. The molecule has 1 fully saturated rings. The maximum absolute atomic E-state index is 9.20. The zero-order valence-corrected chi connectivity index (χ0v) is 14.2. The van der Waals surface area contributed by atoms with E-state index in [1.54, 1.807) is 18.2 Å². The topological polar surface area (TPSA) is 70.1 Å². The van der Waals surface area contributed by atoms with Gasteiger partial charge in [0.25, 0.3) is 0 Å². The van der Waals surface area contributed by atoms with Gasteiger partial charge in [-0.15, -0.1) is 0 Å². The fourth-order valence-electron chi connectivity index (χ4n) is 2.19. The van der Waals surface area contributed by atoms with Crippen LogP contribution in [-0.2, 0) is 0 Å². The molecule has 1 aliphatic rings. The van der Waals surface area contributed by atoms with E-state index < -0.39 is 0 Å². The lowest BCUT2D eigenvalue weighted by atomic mass is 10.2.